The molecule has 0 aliphatic rings. The Morgan fingerprint density at radius 1 is 0.484 bits per heavy atom. The van der Waals surface area contributed by atoms with Crippen molar-refractivity contribution < 1.29 is 24.5 Å². The number of allylic oxidation sites excluding steroid dienone is 15. The SMILES string of the molecule is CC/C=C\C/C=C\C/C=C\C/C=C\C/C=C\C/C=C\C(CC(=O)NC(CO)C(O)CCCCCCCCCCC)OC(=O)CCCCCCCCCCC/C=C\C/C=C\CCCCC. The van der Waals surface area contributed by atoms with Gasteiger partial charge in [-0.05, 0) is 89.5 Å². The molecule has 64 heavy (non-hydrogen) atoms. The number of carbonyl (C=O) groups is 2. The van der Waals surface area contributed by atoms with Gasteiger partial charge in [-0.25, -0.2) is 0 Å². The van der Waals surface area contributed by atoms with Crippen LogP contribution in [0.2, 0.25) is 0 Å². The molecule has 3 atom stereocenters. The van der Waals surface area contributed by atoms with Crippen LogP contribution in [0, 0.1) is 0 Å². The smallest absolute Gasteiger partial charge is 0.306 e. The number of amides is 1. The number of ether oxygens (including phenoxy) is 1. The molecule has 0 rings (SSSR count). The first-order chi connectivity index (χ1) is 31.5. The average Bonchev–Trinajstić information content (AvgIpc) is 3.29. The number of aliphatic hydroxyl groups excluding tert-OH is 2. The summed E-state index contributed by atoms with van der Waals surface area (Å²) in [7, 11) is 0. The summed E-state index contributed by atoms with van der Waals surface area (Å²) in [5.74, 6) is -0.640. The van der Waals surface area contributed by atoms with Gasteiger partial charge in [0.05, 0.1) is 25.2 Å². The topological polar surface area (TPSA) is 95.9 Å². The third-order valence-electron chi connectivity index (χ3n) is 11.4. The molecule has 0 saturated heterocycles. The van der Waals surface area contributed by atoms with Crippen molar-refractivity contribution in [2.24, 2.45) is 0 Å². The van der Waals surface area contributed by atoms with Crippen molar-refractivity contribution in [2.75, 3.05) is 6.61 Å². The highest BCUT2D eigenvalue weighted by molar-refractivity contribution is 5.78. The Kier molecular flexibility index (Phi) is 48.2. The fraction of sp³-hybridized carbons (Fsp3) is 0.690. The molecule has 0 saturated carbocycles. The molecule has 0 fully saturated rings. The summed E-state index contributed by atoms with van der Waals surface area (Å²) >= 11 is 0. The number of hydrogen-bond donors (Lipinski definition) is 3. The maximum atomic E-state index is 13.2. The molecule has 0 aromatic rings. The minimum atomic E-state index is -0.824. The number of rotatable bonds is 46. The molecule has 0 bridgehead atoms. The second kappa shape index (κ2) is 50.8. The normalized spacial score (nSPS) is 14.0. The summed E-state index contributed by atoms with van der Waals surface area (Å²) in [5, 5.41) is 23.6. The Morgan fingerprint density at radius 2 is 0.875 bits per heavy atom. The van der Waals surface area contributed by atoms with Gasteiger partial charge in [-0.1, -0.05) is 227 Å². The second-order valence-corrected chi connectivity index (χ2v) is 17.5. The van der Waals surface area contributed by atoms with Crippen LogP contribution in [0.15, 0.2) is 97.2 Å². The zero-order valence-electron chi connectivity index (χ0n) is 41.6. The number of nitrogens with one attached hydrogen (secondary N) is 1. The van der Waals surface area contributed by atoms with E-state index in [1.165, 1.54) is 109 Å². The van der Waals surface area contributed by atoms with Crippen molar-refractivity contribution >= 4 is 11.9 Å². The van der Waals surface area contributed by atoms with E-state index in [-0.39, 0.29) is 24.9 Å². The summed E-state index contributed by atoms with van der Waals surface area (Å²) in [6, 6.07) is -0.747. The van der Waals surface area contributed by atoms with Crippen LogP contribution in [0.1, 0.15) is 233 Å². The Morgan fingerprint density at radius 3 is 1.36 bits per heavy atom. The predicted octanol–water partition coefficient (Wildman–Crippen LogP) is 16.1. The molecule has 0 aromatic heterocycles. The van der Waals surface area contributed by atoms with Crippen molar-refractivity contribution in [3.05, 3.63) is 97.2 Å². The lowest BCUT2D eigenvalue weighted by atomic mass is 10.0. The van der Waals surface area contributed by atoms with Crippen LogP contribution in [0.25, 0.3) is 0 Å². The third-order valence-corrected chi connectivity index (χ3v) is 11.4. The van der Waals surface area contributed by atoms with Gasteiger partial charge in [0.15, 0.2) is 0 Å². The molecule has 0 heterocycles. The lowest BCUT2D eigenvalue weighted by molar-refractivity contribution is -0.148. The van der Waals surface area contributed by atoms with Crippen LogP contribution < -0.4 is 5.32 Å². The summed E-state index contributed by atoms with van der Waals surface area (Å²) in [6.45, 7) is 6.28. The number of esters is 1. The fourth-order valence-electron chi connectivity index (χ4n) is 7.40. The number of aliphatic hydroxyl groups is 2. The summed E-state index contributed by atoms with van der Waals surface area (Å²) < 4.78 is 5.83. The number of carbonyl (C=O) groups excluding carboxylic acids is 2. The van der Waals surface area contributed by atoms with Crippen LogP contribution in [0.5, 0.6) is 0 Å². The molecule has 0 radical (unpaired) electrons. The van der Waals surface area contributed by atoms with Crippen LogP contribution in [-0.2, 0) is 14.3 Å². The van der Waals surface area contributed by atoms with E-state index >= 15 is 0 Å². The van der Waals surface area contributed by atoms with Gasteiger partial charge in [-0.2, -0.15) is 0 Å². The van der Waals surface area contributed by atoms with Gasteiger partial charge in [-0.3, -0.25) is 9.59 Å². The van der Waals surface area contributed by atoms with E-state index in [4.69, 9.17) is 4.74 Å². The van der Waals surface area contributed by atoms with E-state index in [0.717, 1.165) is 77.0 Å². The highest BCUT2D eigenvalue weighted by Crippen LogP contribution is 2.15. The molecule has 6 heteroatoms. The predicted molar refractivity (Wildman–Crippen MR) is 277 cm³/mol. The zero-order chi connectivity index (χ0) is 46.7. The van der Waals surface area contributed by atoms with E-state index in [0.29, 0.717) is 19.3 Å². The lowest BCUT2D eigenvalue weighted by Crippen LogP contribution is -2.46. The Labute approximate surface area is 395 Å². The minimum absolute atomic E-state index is 0.0536. The van der Waals surface area contributed by atoms with E-state index in [9.17, 15) is 19.8 Å². The summed E-state index contributed by atoms with van der Waals surface area (Å²) in [5.41, 5.74) is 0. The highest BCUT2D eigenvalue weighted by Gasteiger charge is 2.23. The number of hydrogen-bond acceptors (Lipinski definition) is 5. The van der Waals surface area contributed by atoms with Crippen LogP contribution in [0.3, 0.4) is 0 Å². The Hall–Kier alpha value is -3.22. The van der Waals surface area contributed by atoms with Crippen molar-refractivity contribution in [1.29, 1.82) is 0 Å². The molecule has 3 unspecified atom stereocenters. The number of unbranched alkanes of at least 4 members (excludes halogenated alkanes) is 20. The first kappa shape index (κ1) is 60.8. The van der Waals surface area contributed by atoms with Crippen LogP contribution in [-0.4, -0.2) is 46.9 Å². The first-order valence-corrected chi connectivity index (χ1v) is 26.5. The van der Waals surface area contributed by atoms with E-state index in [1.807, 2.05) is 6.08 Å². The molecule has 0 spiro atoms. The molecule has 3 N–H and O–H groups in total. The van der Waals surface area contributed by atoms with Crippen LogP contribution >= 0.6 is 0 Å². The zero-order valence-corrected chi connectivity index (χ0v) is 41.6. The lowest BCUT2D eigenvalue weighted by Gasteiger charge is -2.23. The monoisotopic (exact) mass is 890 g/mol. The van der Waals surface area contributed by atoms with Crippen molar-refractivity contribution in [1.82, 2.24) is 5.32 Å². The molecule has 6 nitrogen and oxygen atoms in total. The molecule has 0 aromatic carbocycles. The van der Waals surface area contributed by atoms with Crippen molar-refractivity contribution in [2.45, 2.75) is 251 Å². The molecular weight excluding hydrogens is 791 g/mol. The summed E-state index contributed by atoms with van der Waals surface area (Å²) in [6.07, 6.45) is 67.9. The molecular formula is C58H99NO5. The third kappa shape index (κ3) is 45.4. The maximum absolute atomic E-state index is 13.2. The average molecular weight is 890 g/mol. The van der Waals surface area contributed by atoms with E-state index in [2.05, 4.69) is 111 Å². The summed E-state index contributed by atoms with van der Waals surface area (Å²) in [4.78, 5) is 26.1. The van der Waals surface area contributed by atoms with Gasteiger partial charge in [-0.15, -0.1) is 0 Å². The Bertz CT molecular complexity index is 1270. The molecule has 0 aliphatic heterocycles. The van der Waals surface area contributed by atoms with Gasteiger partial charge >= 0.3 is 5.97 Å². The van der Waals surface area contributed by atoms with Gasteiger partial charge in [0.2, 0.25) is 5.91 Å². The van der Waals surface area contributed by atoms with E-state index in [1.54, 1.807) is 6.08 Å². The molecule has 1 amide bonds. The van der Waals surface area contributed by atoms with Crippen molar-refractivity contribution in [3.8, 4) is 0 Å². The van der Waals surface area contributed by atoms with Crippen molar-refractivity contribution in [3.63, 3.8) is 0 Å². The quantitative estimate of drug-likeness (QED) is 0.0321. The van der Waals surface area contributed by atoms with Gasteiger partial charge in [0, 0.05) is 6.42 Å². The van der Waals surface area contributed by atoms with Crippen LogP contribution in [0.4, 0.5) is 0 Å². The van der Waals surface area contributed by atoms with Gasteiger partial charge < -0.3 is 20.3 Å². The largest absolute Gasteiger partial charge is 0.458 e. The highest BCUT2D eigenvalue weighted by atomic mass is 16.5. The first-order valence-electron chi connectivity index (χ1n) is 26.5. The molecule has 0 aliphatic carbocycles. The Balaban J connectivity index is 4.73. The van der Waals surface area contributed by atoms with E-state index < -0.39 is 18.2 Å². The molecule has 366 valence electrons. The fourth-order valence-corrected chi connectivity index (χ4v) is 7.40. The van der Waals surface area contributed by atoms with Gasteiger partial charge in [0.1, 0.15) is 6.10 Å². The van der Waals surface area contributed by atoms with Gasteiger partial charge in [0.25, 0.3) is 0 Å². The standard InChI is InChI=1S/C58H99NO5/c1-4-7-10-13-16-19-21-23-25-27-28-30-32-34-36-39-42-45-48-51-58(63)64-54(49-46-43-40-38-35-33-31-29-26-24-22-20-17-14-11-8-5-2)52-57(62)59-55(53-60)56(61)50-47-44-41-37-18-15-12-9-6-3/h8,11,16-17,19-20,23-26,31,33,38,40,46,49,54-56,60-61H,4-7,9-10,12-15,18,21-22,27-30,32,34-37,39,41-45,47-48,50-53H2,1-3H3,(H,59,62)/b11-8-,19-16-,20-17-,25-23-,26-24-,33-31-,40-38-,49-46-. The minimum Gasteiger partial charge on any atom is -0.458 e. The maximum Gasteiger partial charge on any atom is 0.306 e. The second-order valence-electron chi connectivity index (χ2n) is 17.5.